The number of unbranched alkanes of at least 4 members (excludes halogenated alkanes) is 12. The zero-order valence-corrected chi connectivity index (χ0v) is 47.0. The topological polar surface area (TPSA) is 105 Å². The number of aliphatic hydroxyl groups excluding tert-OH is 1. The summed E-state index contributed by atoms with van der Waals surface area (Å²) < 4.78 is 23.5. The minimum Gasteiger partial charge on any atom is -0.387 e. The van der Waals surface area contributed by atoms with E-state index in [1.807, 2.05) is 40.2 Å². The fourth-order valence-corrected chi connectivity index (χ4v) is 7.72. The number of phosphoric acid groups is 1. The second-order valence-corrected chi connectivity index (χ2v) is 20.7. The van der Waals surface area contributed by atoms with Gasteiger partial charge >= 0.3 is 7.82 Å². The van der Waals surface area contributed by atoms with Crippen LogP contribution in [0.15, 0.2) is 158 Å². The number of carbonyl (C=O) groups is 1. The Hall–Kier alpha value is -3.88. The van der Waals surface area contributed by atoms with E-state index in [-0.39, 0.29) is 19.1 Å². The van der Waals surface area contributed by atoms with E-state index in [2.05, 4.69) is 152 Å². The minimum atomic E-state index is -4.36. The van der Waals surface area contributed by atoms with Crippen LogP contribution in [-0.4, -0.2) is 73.4 Å². The van der Waals surface area contributed by atoms with Crippen LogP contribution in [-0.2, 0) is 18.4 Å². The SMILES string of the molecule is C/C=C/CC/C=C/CC/C=C/C(O)C(COP(=O)(O)OCC[N+](C)(C)C)NC(=O)CCCCCCCCCCCC/C=C\C/C=C\C/C=C\C/C=C\C/C=C\C/C=C\C/C=C\C/C=C\C/C=C\C/C=C\CC. The lowest BCUT2D eigenvalue weighted by Gasteiger charge is -2.25. The van der Waals surface area contributed by atoms with Crippen LogP contribution in [0.1, 0.15) is 181 Å². The van der Waals surface area contributed by atoms with Crippen LogP contribution in [0.5, 0.6) is 0 Å². The number of hydrogen-bond donors (Lipinski definition) is 3. The Morgan fingerprint density at radius 2 is 0.861 bits per heavy atom. The summed E-state index contributed by atoms with van der Waals surface area (Å²) in [7, 11) is 1.52. The van der Waals surface area contributed by atoms with Gasteiger partial charge in [0.25, 0.3) is 0 Å². The van der Waals surface area contributed by atoms with Crippen molar-refractivity contribution < 1.29 is 32.9 Å². The molecule has 1 amide bonds. The number of allylic oxidation sites excluding steroid dienone is 25. The van der Waals surface area contributed by atoms with Gasteiger partial charge in [-0.15, -0.1) is 0 Å². The largest absolute Gasteiger partial charge is 0.472 e. The van der Waals surface area contributed by atoms with Crippen molar-refractivity contribution in [2.75, 3.05) is 40.9 Å². The smallest absolute Gasteiger partial charge is 0.387 e. The lowest BCUT2D eigenvalue weighted by Crippen LogP contribution is -2.45. The van der Waals surface area contributed by atoms with Gasteiger partial charge in [0.15, 0.2) is 0 Å². The predicted molar refractivity (Wildman–Crippen MR) is 313 cm³/mol. The second-order valence-electron chi connectivity index (χ2n) is 19.2. The van der Waals surface area contributed by atoms with Crippen LogP contribution >= 0.6 is 7.82 Å². The molecule has 0 aromatic carbocycles. The van der Waals surface area contributed by atoms with Gasteiger partial charge in [-0.05, 0) is 116 Å². The third kappa shape index (κ3) is 53.9. The Morgan fingerprint density at radius 3 is 1.28 bits per heavy atom. The third-order valence-corrected chi connectivity index (χ3v) is 12.3. The van der Waals surface area contributed by atoms with Gasteiger partial charge in [-0.2, -0.15) is 0 Å². The number of amides is 1. The molecule has 0 rings (SSSR count). The van der Waals surface area contributed by atoms with E-state index in [0.717, 1.165) is 116 Å². The zero-order chi connectivity index (χ0) is 52.7. The Kier molecular flexibility index (Phi) is 49.2. The number of nitrogens with one attached hydrogen (secondary N) is 1. The zero-order valence-electron chi connectivity index (χ0n) is 46.1. The van der Waals surface area contributed by atoms with Crippen LogP contribution in [0.2, 0.25) is 0 Å². The fourth-order valence-electron chi connectivity index (χ4n) is 6.99. The predicted octanol–water partition coefficient (Wildman–Crippen LogP) is 17.1. The van der Waals surface area contributed by atoms with Crippen molar-refractivity contribution in [3.63, 3.8) is 0 Å². The van der Waals surface area contributed by atoms with Gasteiger partial charge in [0, 0.05) is 6.42 Å². The summed E-state index contributed by atoms with van der Waals surface area (Å²) in [6.07, 6.45) is 82.4. The van der Waals surface area contributed by atoms with Gasteiger partial charge in [0.2, 0.25) is 5.91 Å². The second kappa shape index (κ2) is 52.0. The van der Waals surface area contributed by atoms with Gasteiger partial charge < -0.3 is 19.8 Å². The monoisotopic (exact) mass is 1020 g/mol. The van der Waals surface area contributed by atoms with Crippen molar-refractivity contribution >= 4 is 13.7 Å². The Balaban J connectivity index is 4.04. The molecule has 0 radical (unpaired) electrons. The van der Waals surface area contributed by atoms with Crippen molar-refractivity contribution in [3.8, 4) is 0 Å². The molecule has 0 aliphatic heterocycles. The summed E-state index contributed by atoms with van der Waals surface area (Å²) in [5.41, 5.74) is 0. The molecule has 8 nitrogen and oxygen atoms in total. The first-order valence-corrected chi connectivity index (χ1v) is 29.3. The Labute approximate surface area is 441 Å². The molecule has 0 bridgehead atoms. The van der Waals surface area contributed by atoms with E-state index < -0.39 is 20.0 Å². The summed E-state index contributed by atoms with van der Waals surface area (Å²) in [6, 6.07) is -0.880. The van der Waals surface area contributed by atoms with Crippen LogP contribution in [0, 0.1) is 0 Å². The number of aliphatic hydroxyl groups is 1. The van der Waals surface area contributed by atoms with E-state index >= 15 is 0 Å². The molecule has 0 aromatic heterocycles. The molecule has 406 valence electrons. The average Bonchev–Trinajstić information content (AvgIpc) is 3.34. The highest BCUT2D eigenvalue weighted by atomic mass is 31.2. The summed E-state index contributed by atoms with van der Waals surface area (Å²) in [5.74, 6) is -0.207. The van der Waals surface area contributed by atoms with E-state index in [1.54, 1.807) is 6.08 Å². The summed E-state index contributed by atoms with van der Waals surface area (Å²) in [4.78, 5) is 23.1. The maximum absolute atomic E-state index is 12.9. The summed E-state index contributed by atoms with van der Waals surface area (Å²) in [6.45, 7) is 4.40. The maximum atomic E-state index is 12.9. The van der Waals surface area contributed by atoms with E-state index in [0.29, 0.717) is 17.4 Å². The van der Waals surface area contributed by atoms with Crippen molar-refractivity contribution in [3.05, 3.63) is 158 Å². The molecule has 0 fully saturated rings. The van der Waals surface area contributed by atoms with E-state index in [4.69, 9.17) is 9.05 Å². The number of rotatable bonds is 48. The van der Waals surface area contributed by atoms with Crippen molar-refractivity contribution in [1.29, 1.82) is 0 Å². The highest BCUT2D eigenvalue weighted by Gasteiger charge is 2.27. The molecule has 0 spiro atoms. The minimum absolute atomic E-state index is 0.0444. The van der Waals surface area contributed by atoms with Gasteiger partial charge in [-0.1, -0.05) is 216 Å². The number of hydrogen-bond acceptors (Lipinski definition) is 5. The van der Waals surface area contributed by atoms with Crippen LogP contribution in [0.4, 0.5) is 0 Å². The first-order valence-electron chi connectivity index (χ1n) is 27.8. The lowest BCUT2D eigenvalue weighted by atomic mass is 10.0. The normalized spacial score (nSPS) is 15.2. The molecule has 3 unspecified atom stereocenters. The molecule has 72 heavy (non-hydrogen) atoms. The van der Waals surface area contributed by atoms with E-state index in [1.165, 1.54) is 44.9 Å². The molecular formula is C63H104N2O6P+. The molecule has 3 atom stereocenters. The van der Waals surface area contributed by atoms with Crippen molar-refractivity contribution in [2.24, 2.45) is 0 Å². The molecule has 0 aliphatic carbocycles. The molecule has 0 aliphatic rings. The molecule has 0 aromatic rings. The maximum Gasteiger partial charge on any atom is 0.472 e. The van der Waals surface area contributed by atoms with Gasteiger partial charge in [0.1, 0.15) is 13.2 Å². The Morgan fingerprint density at radius 1 is 0.500 bits per heavy atom. The molecule has 0 heterocycles. The number of carbonyl (C=O) groups excluding carboxylic acids is 1. The van der Waals surface area contributed by atoms with Gasteiger partial charge in [0.05, 0.1) is 39.9 Å². The first-order chi connectivity index (χ1) is 35.0. The van der Waals surface area contributed by atoms with Crippen molar-refractivity contribution in [2.45, 2.75) is 193 Å². The average molecular weight is 1020 g/mol. The summed E-state index contributed by atoms with van der Waals surface area (Å²) in [5, 5.41) is 13.8. The van der Waals surface area contributed by atoms with Gasteiger partial charge in [-0.3, -0.25) is 13.8 Å². The quantitative estimate of drug-likeness (QED) is 0.0243. The highest BCUT2D eigenvalue weighted by molar-refractivity contribution is 7.47. The number of nitrogens with zero attached hydrogens (tertiary/aromatic N) is 1. The molecule has 9 heteroatoms. The van der Waals surface area contributed by atoms with Crippen LogP contribution < -0.4 is 5.32 Å². The van der Waals surface area contributed by atoms with E-state index in [9.17, 15) is 19.4 Å². The van der Waals surface area contributed by atoms with Crippen molar-refractivity contribution in [1.82, 2.24) is 5.32 Å². The molecule has 0 saturated carbocycles. The molecule has 0 saturated heterocycles. The fraction of sp³-hybridized carbons (Fsp3) is 0.571. The standard InChI is InChI=1S/C63H103N2O6P/c1-6-8-10-12-14-16-17-18-19-20-21-22-23-24-25-26-27-28-29-30-31-32-33-34-35-36-37-38-39-40-41-42-43-44-45-46-47-49-51-53-55-57-63(67)64-61(60-71-72(68,69)70-59-58-65(3,4)5)62(66)56-54-52-50-48-15-13-11-9-7-2/h7-10,14-16,18-19,21-22,24-25,27-28,30-31,33-34,36-37,39-40,48,54,56,61-62,66H,6,11-13,17,20,23,26,29,32,35,38,41-47,49-53,55,57-60H2,1-5H3,(H-,64,67,68,69)/p+1/b9-7+,10-8-,16-14-,19-18-,22-21-,25-24-,28-27-,31-30-,34-33-,37-36-,40-39-,48-15+,56-54+. The first kappa shape index (κ1) is 68.1. The summed E-state index contributed by atoms with van der Waals surface area (Å²) >= 11 is 0. The molecular weight excluding hydrogens is 912 g/mol. The van der Waals surface area contributed by atoms with Crippen LogP contribution in [0.3, 0.4) is 0 Å². The number of phosphoric ester groups is 1. The number of quaternary nitrogens is 1. The highest BCUT2D eigenvalue weighted by Crippen LogP contribution is 2.43. The third-order valence-electron chi connectivity index (χ3n) is 11.3. The van der Waals surface area contributed by atoms with Gasteiger partial charge in [-0.25, -0.2) is 4.57 Å². The number of likely N-dealkylation sites (N-methyl/N-ethyl adjacent to an activating group) is 1. The molecule has 3 N–H and O–H groups in total. The lowest BCUT2D eigenvalue weighted by molar-refractivity contribution is -0.870. The van der Waals surface area contributed by atoms with Crippen LogP contribution in [0.25, 0.3) is 0 Å². The Bertz CT molecular complexity index is 1720.